The van der Waals surface area contributed by atoms with Gasteiger partial charge < -0.3 is 14.2 Å². The zero-order valence-corrected chi connectivity index (χ0v) is 9.53. The first-order chi connectivity index (χ1) is 7.18. The largest absolute Gasteiger partial charge is 0.461 e. The first-order valence-corrected chi connectivity index (χ1v) is 5.57. The first kappa shape index (κ1) is 12.5. The van der Waals surface area contributed by atoms with Gasteiger partial charge in [-0.05, 0) is 33.1 Å². The number of hydrogen-bond donors (Lipinski definition) is 0. The van der Waals surface area contributed by atoms with Gasteiger partial charge >= 0.3 is 5.97 Å². The summed E-state index contributed by atoms with van der Waals surface area (Å²) in [7, 11) is 0. The van der Waals surface area contributed by atoms with Gasteiger partial charge in [0.05, 0.1) is 18.8 Å². The lowest BCUT2D eigenvalue weighted by Gasteiger charge is -2.22. The minimum Gasteiger partial charge on any atom is -0.461 e. The Kier molecular flexibility index (Phi) is 5.65. The van der Waals surface area contributed by atoms with Crippen LogP contribution in [-0.2, 0) is 19.0 Å². The van der Waals surface area contributed by atoms with Crippen LogP contribution in [0.3, 0.4) is 0 Å². The summed E-state index contributed by atoms with van der Waals surface area (Å²) in [6.07, 6.45) is 3.42. The predicted octanol–water partition coefficient (Wildman–Crippen LogP) is 1.52. The Morgan fingerprint density at radius 3 is 2.87 bits per heavy atom. The normalized spacial score (nSPS) is 21.7. The molecule has 0 saturated carbocycles. The second kappa shape index (κ2) is 6.80. The standard InChI is InChI=1S/C11H20O4/c1-9(2)15-11(12)8-13-7-10-5-3-4-6-14-10/h9-10H,3-8H2,1-2H3. The molecule has 1 aliphatic heterocycles. The molecule has 1 aliphatic rings. The van der Waals surface area contributed by atoms with E-state index in [0.29, 0.717) is 6.61 Å². The Hall–Kier alpha value is -0.610. The van der Waals surface area contributed by atoms with Crippen molar-refractivity contribution in [2.75, 3.05) is 19.8 Å². The lowest BCUT2D eigenvalue weighted by molar-refractivity contribution is -0.154. The average Bonchev–Trinajstić information content (AvgIpc) is 2.18. The third-order valence-electron chi connectivity index (χ3n) is 2.16. The van der Waals surface area contributed by atoms with E-state index in [0.717, 1.165) is 19.4 Å². The quantitative estimate of drug-likeness (QED) is 0.654. The van der Waals surface area contributed by atoms with Gasteiger partial charge in [-0.1, -0.05) is 0 Å². The van der Waals surface area contributed by atoms with Crippen LogP contribution in [0.5, 0.6) is 0 Å². The van der Waals surface area contributed by atoms with Gasteiger partial charge in [-0.25, -0.2) is 4.79 Å². The van der Waals surface area contributed by atoms with Crippen LogP contribution in [0.4, 0.5) is 0 Å². The van der Waals surface area contributed by atoms with Crippen molar-refractivity contribution in [2.24, 2.45) is 0 Å². The highest BCUT2D eigenvalue weighted by molar-refractivity contribution is 5.70. The molecule has 0 radical (unpaired) electrons. The van der Waals surface area contributed by atoms with Gasteiger partial charge in [0.15, 0.2) is 0 Å². The number of esters is 1. The summed E-state index contributed by atoms with van der Waals surface area (Å²) in [4.78, 5) is 11.1. The molecule has 1 unspecified atom stereocenters. The van der Waals surface area contributed by atoms with Gasteiger partial charge in [0.1, 0.15) is 6.61 Å². The van der Waals surface area contributed by atoms with Crippen LogP contribution in [0.2, 0.25) is 0 Å². The van der Waals surface area contributed by atoms with Crippen molar-refractivity contribution in [3.05, 3.63) is 0 Å². The summed E-state index contributed by atoms with van der Waals surface area (Å²) in [5.41, 5.74) is 0. The molecule has 0 bridgehead atoms. The van der Waals surface area contributed by atoms with Crippen LogP contribution >= 0.6 is 0 Å². The van der Waals surface area contributed by atoms with E-state index in [4.69, 9.17) is 14.2 Å². The number of rotatable bonds is 5. The number of hydrogen-bond acceptors (Lipinski definition) is 4. The fourth-order valence-corrected chi connectivity index (χ4v) is 1.51. The van der Waals surface area contributed by atoms with Crippen molar-refractivity contribution >= 4 is 5.97 Å². The van der Waals surface area contributed by atoms with E-state index in [9.17, 15) is 4.79 Å². The SMILES string of the molecule is CC(C)OC(=O)COCC1CCCCO1. The van der Waals surface area contributed by atoms with Crippen LogP contribution < -0.4 is 0 Å². The summed E-state index contributed by atoms with van der Waals surface area (Å²) in [5, 5.41) is 0. The molecule has 1 atom stereocenters. The van der Waals surface area contributed by atoms with Crippen LogP contribution in [-0.4, -0.2) is 38.0 Å². The third-order valence-corrected chi connectivity index (χ3v) is 2.16. The topological polar surface area (TPSA) is 44.8 Å². The first-order valence-electron chi connectivity index (χ1n) is 5.57. The highest BCUT2D eigenvalue weighted by Gasteiger charge is 2.14. The van der Waals surface area contributed by atoms with Crippen molar-refractivity contribution in [2.45, 2.75) is 45.3 Å². The van der Waals surface area contributed by atoms with Gasteiger partial charge in [-0.2, -0.15) is 0 Å². The molecular weight excluding hydrogens is 196 g/mol. The molecule has 0 aromatic heterocycles. The van der Waals surface area contributed by atoms with Crippen LogP contribution in [0.25, 0.3) is 0 Å². The van der Waals surface area contributed by atoms with Crippen molar-refractivity contribution < 1.29 is 19.0 Å². The molecule has 88 valence electrons. The molecular formula is C11H20O4. The highest BCUT2D eigenvalue weighted by Crippen LogP contribution is 2.12. The van der Waals surface area contributed by atoms with Crippen LogP contribution in [0.15, 0.2) is 0 Å². The van der Waals surface area contributed by atoms with Crippen LogP contribution in [0, 0.1) is 0 Å². The molecule has 1 saturated heterocycles. The van der Waals surface area contributed by atoms with E-state index < -0.39 is 0 Å². The zero-order chi connectivity index (χ0) is 11.1. The minimum absolute atomic E-state index is 0.0258. The minimum atomic E-state index is -0.305. The van der Waals surface area contributed by atoms with E-state index in [-0.39, 0.29) is 24.8 Å². The molecule has 0 spiro atoms. The number of carbonyl (C=O) groups is 1. The van der Waals surface area contributed by atoms with Gasteiger partial charge in [-0.15, -0.1) is 0 Å². The Labute approximate surface area is 90.9 Å². The lowest BCUT2D eigenvalue weighted by Crippen LogP contribution is -2.26. The fourth-order valence-electron chi connectivity index (χ4n) is 1.51. The molecule has 0 aromatic carbocycles. The maximum absolute atomic E-state index is 11.1. The Morgan fingerprint density at radius 1 is 1.47 bits per heavy atom. The van der Waals surface area contributed by atoms with Gasteiger partial charge in [0.2, 0.25) is 0 Å². The molecule has 0 aliphatic carbocycles. The zero-order valence-electron chi connectivity index (χ0n) is 9.53. The van der Waals surface area contributed by atoms with E-state index in [1.165, 1.54) is 6.42 Å². The van der Waals surface area contributed by atoms with Crippen molar-refractivity contribution in [3.8, 4) is 0 Å². The molecule has 4 heteroatoms. The lowest BCUT2D eigenvalue weighted by atomic mass is 10.1. The fraction of sp³-hybridized carbons (Fsp3) is 0.909. The van der Waals surface area contributed by atoms with E-state index in [2.05, 4.69) is 0 Å². The molecule has 0 amide bonds. The average molecular weight is 216 g/mol. The number of carbonyl (C=O) groups excluding carboxylic acids is 1. The second-order valence-corrected chi connectivity index (χ2v) is 4.04. The summed E-state index contributed by atoms with van der Waals surface area (Å²) >= 11 is 0. The van der Waals surface area contributed by atoms with Crippen molar-refractivity contribution in [3.63, 3.8) is 0 Å². The number of ether oxygens (including phenoxy) is 3. The van der Waals surface area contributed by atoms with E-state index >= 15 is 0 Å². The molecule has 1 rings (SSSR count). The summed E-state index contributed by atoms with van der Waals surface area (Å²) in [5.74, 6) is -0.305. The van der Waals surface area contributed by atoms with Crippen molar-refractivity contribution in [1.29, 1.82) is 0 Å². The monoisotopic (exact) mass is 216 g/mol. The Morgan fingerprint density at radius 2 is 2.27 bits per heavy atom. The second-order valence-electron chi connectivity index (χ2n) is 4.04. The van der Waals surface area contributed by atoms with Gasteiger partial charge in [-0.3, -0.25) is 0 Å². The molecule has 0 aromatic rings. The summed E-state index contributed by atoms with van der Waals surface area (Å²) in [6, 6.07) is 0. The molecule has 15 heavy (non-hydrogen) atoms. The third kappa shape index (κ3) is 5.74. The van der Waals surface area contributed by atoms with Gasteiger partial charge in [0.25, 0.3) is 0 Å². The maximum Gasteiger partial charge on any atom is 0.332 e. The Balaban J connectivity index is 2.02. The molecule has 4 nitrogen and oxygen atoms in total. The molecule has 1 heterocycles. The molecule has 1 fully saturated rings. The van der Waals surface area contributed by atoms with Crippen LogP contribution in [0.1, 0.15) is 33.1 Å². The van der Waals surface area contributed by atoms with Gasteiger partial charge in [0, 0.05) is 6.61 Å². The highest BCUT2D eigenvalue weighted by atomic mass is 16.6. The van der Waals surface area contributed by atoms with E-state index in [1.54, 1.807) is 0 Å². The Bertz CT molecular complexity index is 185. The van der Waals surface area contributed by atoms with Crippen molar-refractivity contribution in [1.82, 2.24) is 0 Å². The smallest absolute Gasteiger partial charge is 0.332 e. The molecule has 0 N–H and O–H groups in total. The summed E-state index contributed by atoms with van der Waals surface area (Å²) < 4.78 is 15.6. The summed E-state index contributed by atoms with van der Waals surface area (Å²) in [6.45, 7) is 4.97. The van der Waals surface area contributed by atoms with E-state index in [1.807, 2.05) is 13.8 Å². The maximum atomic E-state index is 11.1. The predicted molar refractivity (Wildman–Crippen MR) is 55.6 cm³/mol.